The van der Waals surface area contributed by atoms with Crippen LogP contribution in [0.15, 0.2) is 0 Å². The van der Waals surface area contributed by atoms with Gasteiger partial charge < -0.3 is 23.4 Å². The summed E-state index contributed by atoms with van der Waals surface area (Å²) in [4.78, 5) is 0. The van der Waals surface area contributed by atoms with Crippen molar-refractivity contribution in [1.29, 1.82) is 0 Å². The minimum Gasteiger partial charge on any atom is -0.668 e. The van der Waals surface area contributed by atoms with Gasteiger partial charge in [-0.15, -0.1) is 0 Å². The van der Waals surface area contributed by atoms with E-state index in [4.69, 9.17) is 0 Å². The third kappa shape index (κ3) is 341. The first kappa shape index (κ1) is 36.9. The van der Waals surface area contributed by atoms with Crippen LogP contribution >= 0.6 is 0 Å². The van der Waals surface area contributed by atoms with Crippen molar-refractivity contribution in [2.75, 3.05) is 42.3 Å². The quantitative estimate of drug-likeness (QED) is 0.614. The van der Waals surface area contributed by atoms with Crippen molar-refractivity contribution < 1.29 is 65.4 Å². The Bertz CT molecular complexity index is 21.4. The Morgan fingerprint density at radius 1 is 0.500 bits per heavy atom. The van der Waals surface area contributed by atoms with Crippen molar-refractivity contribution in [3.8, 4) is 0 Å². The molecule has 0 aromatic heterocycles. The fourth-order valence-corrected chi connectivity index (χ4v) is 0. The Hall–Kier alpha value is 2.09. The van der Waals surface area contributed by atoms with E-state index in [0.29, 0.717) is 0 Å². The van der Waals surface area contributed by atoms with Gasteiger partial charge in [0.25, 0.3) is 0 Å². The molecule has 0 aliphatic carbocycles. The molecule has 0 amide bonds. The van der Waals surface area contributed by atoms with Crippen molar-refractivity contribution >= 4 is 0 Å². The van der Waals surface area contributed by atoms with Crippen LogP contribution < -0.4 is 0 Å². The van der Waals surface area contributed by atoms with Gasteiger partial charge in [0.2, 0.25) is 0 Å². The van der Waals surface area contributed by atoms with Crippen molar-refractivity contribution in [2.45, 2.75) is 0 Å². The molecule has 0 aromatic rings. The molecule has 0 unspecified atom stereocenters. The first-order valence-electron chi connectivity index (χ1n) is 2.68. The minimum atomic E-state index is 0. The molecule has 0 N–H and O–H groups in total. The van der Waals surface area contributed by atoms with E-state index in [1.54, 1.807) is 42.3 Å². The van der Waals surface area contributed by atoms with Gasteiger partial charge in [-0.3, -0.25) is 0 Å². The van der Waals surface area contributed by atoms with Crippen molar-refractivity contribution in [1.82, 2.24) is 0 Å². The average Bonchev–Trinajstić information content (AvgIpc) is 1.70. The van der Waals surface area contributed by atoms with E-state index < -0.39 is 0 Å². The topological polar surface area (TPSA) is 42.3 Å². The molecule has 5 heteroatoms. The number of hydrogen-bond acceptors (Lipinski definition) is 0. The molecule has 0 atom stereocenters. The van der Waals surface area contributed by atoms with E-state index in [-0.39, 0.29) is 72.8 Å². The summed E-state index contributed by atoms with van der Waals surface area (Å²) in [6, 6.07) is 0. The third-order valence-electron chi connectivity index (χ3n) is 0. The monoisotopic (exact) mass is 325 g/mol. The smallest absolute Gasteiger partial charge is 0 e. The summed E-state index contributed by atoms with van der Waals surface area (Å²) in [5.74, 6) is 0. The molecule has 0 heterocycles. The summed E-state index contributed by atoms with van der Waals surface area (Å²) in [5, 5.41) is 10.5. The van der Waals surface area contributed by atoms with Crippen LogP contribution in [0.3, 0.4) is 0 Å². The average molecular weight is 325 g/mol. The van der Waals surface area contributed by atoms with Gasteiger partial charge in [-0.05, 0) is 0 Å². The van der Waals surface area contributed by atoms with Crippen LogP contribution in [0.1, 0.15) is 0 Å². The molecule has 2 radical (unpaired) electrons. The molecule has 3 nitrogen and oxygen atoms in total. The van der Waals surface area contributed by atoms with Gasteiger partial charge in [-0.2, -0.15) is 42.3 Å². The maximum atomic E-state index is 3.50. The van der Waals surface area contributed by atoms with Crippen LogP contribution in [0, 0.1) is 7.43 Å². The third-order valence-corrected chi connectivity index (χ3v) is 0. The van der Waals surface area contributed by atoms with Crippen molar-refractivity contribution in [3.05, 3.63) is 23.4 Å². The van der Waals surface area contributed by atoms with Gasteiger partial charge in [0.05, 0.1) is 0 Å². The second-order valence-electron chi connectivity index (χ2n) is 1.34. The maximum Gasteiger partial charge on any atom is 0 e. The summed E-state index contributed by atoms with van der Waals surface area (Å²) < 4.78 is 0. The first-order chi connectivity index (χ1) is 4.24. The van der Waals surface area contributed by atoms with Crippen LogP contribution in [-0.2, 0) is 65.4 Å². The van der Waals surface area contributed by atoms with Gasteiger partial charge >= 0.3 is 0 Å². The molecule has 0 aliphatic heterocycles. The predicted molar refractivity (Wildman–Crippen MR) is 52.0 cm³/mol. The normalized spacial score (nSPS) is 4.50. The summed E-state index contributed by atoms with van der Waals surface area (Å²) in [6.07, 6.45) is 0. The van der Waals surface area contributed by atoms with Gasteiger partial charge in [0.1, 0.15) is 0 Å². The molecule has 0 aliphatic rings. The van der Waals surface area contributed by atoms with Gasteiger partial charge in [0, 0.05) is 65.4 Å². The zero-order chi connectivity index (χ0) is 8.12. The molecule has 0 bridgehead atoms. The molecule has 0 saturated heterocycles. The fourth-order valence-electron chi connectivity index (χ4n) is 0. The summed E-state index contributed by atoms with van der Waals surface area (Å²) in [5.41, 5.74) is 0. The van der Waals surface area contributed by atoms with Crippen LogP contribution in [0.5, 0.6) is 0 Å². The summed E-state index contributed by atoms with van der Waals surface area (Å²) in [6.45, 7) is 0. The van der Waals surface area contributed by atoms with E-state index >= 15 is 0 Å². The standard InChI is InChI=1S/3C2H6N.CH3.2Y/c3*1-3-2;;;/h3*1-2H3;1H3;;/q4*-1;;. The molecule has 0 spiro atoms. The molecule has 0 aromatic carbocycles. The Morgan fingerprint density at radius 3 is 0.500 bits per heavy atom. The van der Waals surface area contributed by atoms with E-state index in [0.717, 1.165) is 0 Å². The van der Waals surface area contributed by atoms with Crippen LogP contribution in [0.4, 0.5) is 0 Å². The number of nitrogens with zero attached hydrogens (tertiary/aromatic N) is 3. The Morgan fingerprint density at radius 2 is 0.500 bits per heavy atom. The first-order valence-corrected chi connectivity index (χ1v) is 2.68. The number of hydrogen-bond donors (Lipinski definition) is 0. The van der Waals surface area contributed by atoms with Crippen molar-refractivity contribution in [3.63, 3.8) is 0 Å². The second kappa shape index (κ2) is 73.9. The zero-order valence-electron chi connectivity index (χ0n) is 9.50. The van der Waals surface area contributed by atoms with Crippen LogP contribution in [0.25, 0.3) is 16.0 Å². The SMILES string of the molecule is C[N-]C.C[N-]C.C[N-]C.[CH3-].[Y].[Y]. The van der Waals surface area contributed by atoms with E-state index in [9.17, 15) is 0 Å². The Kier molecular flexibility index (Phi) is 227. The van der Waals surface area contributed by atoms with E-state index in [1.807, 2.05) is 0 Å². The molecular formula is C7H21N3Y2-4. The predicted octanol–water partition coefficient (Wildman–Crippen LogP) is 2.30. The maximum absolute atomic E-state index is 3.50. The van der Waals surface area contributed by atoms with Crippen LogP contribution in [0.2, 0.25) is 0 Å². The van der Waals surface area contributed by atoms with E-state index in [1.165, 1.54) is 0 Å². The second-order valence-corrected chi connectivity index (χ2v) is 1.34. The molecule has 0 saturated carbocycles. The largest absolute Gasteiger partial charge is 0.668 e. The van der Waals surface area contributed by atoms with Crippen molar-refractivity contribution in [2.24, 2.45) is 0 Å². The molecule has 0 fully saturated rings. The Labute approximate surface area is 129 Å². The van der Waals surface area contributed by atoms with Gasteiger partial charge in [0.15, 0.2) is 0 Å². The van der Waals surface area contributed by atoms with Crippen LogP contribution in [-0.4, -0.2) is 42.3 Å². The van der Waals surface area contributed by atoms with E-state index in [2.05, 4.69) is 16.0 Å². The summed E-state index contributed by atoms with van der Waals surface area (Å²) >= 11 is 0. The molecule has 0 rings (SSSR count). The molecule has 74 valence electrons. The molecular weight excluding hydrogens is 304 g/mol. The molecule has 12 heavy (non-hydrogen) atoms. The fraction of sp³-hybridized carbons (Fsp3) is 0.857. The summed E-state index contributed by atoms with van der Waals surface area (Å²) in [7, 11) is 10.5. The zero-order valence-corrected chi connectivity index (χ0v) is 15.2. The number of rotatable bonds is 0. The minimum absolute atomic E-state index is 0. The van der Waals surface area contributed by atoms with Gasteiger partial charge in [-0.25, -0.2) is 0 Å². The Balaban J connectivity index is -0.00000001000. The van der Waals surface area contributed by atoms with Gasteiger partial charge in [-0.1, -0.05) is 0 Å².